The summed E-state index contributed by atoms with van der Waals surface area (Å²) >= 11 is 0. The van der Waals surface area contributed by atoms with Crippen molar-refractivity contribution in [2.45, 2.75) is 64.5 Å². The van der Waals surface area contributed by atoms with Crippen LogP contribution in [0.3, 0.4) is 0 Å². The highest BCUT2D eigenvalue weighted by Gasteiger charge is 2.20. The van der Waals surface area contributed by atoms with Gasteiger partial charge in [-0.15, -0.1) is 0 Å². The molecule has 1 aliphatic carbocycles. The van der Waals surface area contributed by atoms with E-state index in [1.807, 2.05) is 0 Å². The van der Waals surface area contributed by atoms with E-state index >= 15 is 0 Å². The number of amides is 1. The number of rotatable bonds is 2. The van der Waals surface area contributed by atoms with E-state index < -0.39 is 11.7 Å². The van der Waals surface area contributed by atoms with Gasteiger partial charge in [-0.2, -0.15) is 0 Å². The number of hydrogen-bond acceptors (Lipinski definition) is 3. The average molecular weight is 292 g/mol. The molecule has 5 nitrogen and oxygen atoms in total. The average Bonchev–Trinajstić information content (AvgIpc) is 2.40. The van der Waals surface area contributed by atoms with Gasteiger partial charge in [0.2, 0.25) is 0 Å². The van der Waals surface area contributed by atoms with Gasteiger partial charge >= 0.3 is 6.09 Å². The summed E-state index contributed by atoms with van der Waals surface area (Å²) in [6.07, 6.45) is 6.80. The summed E-state index contributed by atoms with van der Waals surface area (Å²) in [5.41, 5.74) is -0.464. The molecule has 0 bridgehead atoms. The molecule has 2 rings (SSSR count). The summed E-state index contributed by atoms with van der Waals surface area (Å²) in [5.74, 6) is 0. The lowest BCUT2D eigenvalue weighted by molar-refractivity contribution is 0.0635. The van der Waals surface area contributed by atoms with Gasteiger partial charge in [0.25, 0.3) is 5.56 Å². The summed E-state index contributed by atoms with van der Waals surface area (Å²) in [6, 6.07) is 3.65. The second-order valence-electron chi connectivity index (χ2n) is 6.55. The molecule has 1 fully saturated rings. The molecular formula is C16H24N2O3. The molecule has 21 heavy (non-hydrogen) atoms. The molecule has 0 unspecified atom stereocenters. The Hall–Kier alpha value is -1.78. The van der Waals surface area contributed by atoms with Gasteiger partial charge in [0.1, 0.15) is 11.3 Å². The molecular weight excluding hydrogens is 268 g/mol. The molecule has 1 amide bonds. The lowest BCUT2D eigenvalue weighted by atomic mass is 9.95. The Morgan fingerprint density at radius 1 is 1.29 bits per heavy atom. The Balaban J connectivity index is 2.14. The molecule has 0 atom stereocenters. The Kier molecular flexibility index (Phi) is 4.70. The van der Waals surface area contributed by atoms with Gasteiger partial charge in [-0.3, -0.25) is 10.1 Å². The van der Waals surface area contributed by atoms with Crippen LogP contribution in [0.25, 0.3) is 0 Å². The van der Waals surface area contributed by atoms with Crippen molar-refractivity contribution in [1.29, 1.82) is 0 Å². The van der Waals surface area contributed by atoms with E-state index in [0.29, 0.717) is 0 Å². The Morgan fingerprint density at radius 3 is 2.57 bits per heavy atom. The fourth-order valence-corrected chi connectivity index (χ4v) is 2.67. The van der Waals surface area contributed by atoms with Gasteiger partial charge in [0.15, 0.2) is 0 Å². The summed E-state index contributed by atoms with van der Waals surface area (Å²) in [4.78, 5) is 24.2. The predicted octanol–water partition coefficient (Wildman–Crippen LogP) is 3.70. The first-order valence-electron chi connectivity index (χ1n) is 7.58. The van der Waals surface area contributed by atoms with Crippen molar-refractivity contribution in [2.75, 3.05) is 5.32 Å². The van der Waals surface area contributed by atoms with Crippen molar-refractivity contribution >= 4 is 11.8 Å². The Bertz CT molecular complexity index is 551. The molecule has 0 radical (unpaired) electrons. The van der Waals surface area contributed by atoms with Crippen molar-refractivity contribution < 1.29 is 9.53 Å². The fraction of sp³-hybridized carbons (Fsp3) is 0.625. The lowest BCUT2D eigenvalue weighted by Gasteiger charge is -2.24. The third-order valence-electron chi connectivity index (χ3n) is 3.58. The van der Waals surface area contributed by atoms with E-state index in [-0.39, 0.29) is 17.3 Å². The van der Waals surface area contributed by atoms with Crippen LogP contribution in [0, 0.1) is 0 Å². The van der Waals surface area contributed by atoms with Crippen molar-refractivity contribution in [3.63, 3.8) is 0 Å². The predicted molar refractivity (Wildman–Crippen MR) is 82.7 cm³/mol. The zero-order valence-electron chi connectivity index (χ0n) is 13.0. The Morgan fingerprint density at radius 2 is 1.95 bits per heavy atom. The quantitative estimate of drug-likeness (QED) is 0.904. The van der Waals surface area contributed by atoms with Crippen LogP contribution >= 0.6 is 0 Å². The zero-order valence-corrected chi connectivity index (χ0v) is 13.0. The molecule has 1 aliphatic rings. The molecule has 1 heterocycles. The molecule has 1 aromatic heterocycles. The van der Waals surface area contributed by atoms with Gasteiger partial charge in [-0.1, -0.05) is 19.3 Å². The highest BCUT2D eigenvalue weighted by molar-refractivity contribution is 5.84. The summed E-state index contributed by atoms with van der Waals surface area (Å²) in [7, 11) is 0. The number of pyridine rings is 1. The van der Waals surface area contributed by atoms with Crippen LogP contribution in [0.1, 0.15) is 58.9 Å². The van der Waals surface area contributed by atoms with Gasteiger partial charge in [-0.05, 0) is 45.7 Å². The normalized spacial score (nSPS) is 16.5. The van der Waals surface area contributed by atoms with Crippen molar-refractivity contribution in [1.82, 2.24) is 4.57 Å². The second kappa shape index (κ2) is 6.33. The molecule has 0 aromatic carbocycles. The number of carbonyl (C=O) groups excluding carboxylic acids is 1. The van der Waals surface area contributed by atoms with Crippen molar-refractivity contribution in [2.24, 2.45) is 0 Å². The van der Waals surface area contributed by atoms with E-state index in [0.717, 1.165) is 25.7 Å². The minimum Gasteiger partial charge on any atom is -0.444 e. The first-order valence-corrected chi connectivity index (χ1v) is 7.58. The SMILES string of the molecule is CC(C)(C)OC(=O)Nc1cccn(C2CCCCC2)c1=O. The van der Waals surface area contributed by atoms with Gasteiger partial charge < -0.3 is 9.30 Å². The highest BCUT2D eigenvalue weighted by Crippen LogP contribution is 2.27. The number of anilines is 1. The maximum atomic E-state index is 12.5. The van der Waals surface area contributed by atoms with Crippen LogP contribution in [-0.4, -0.2) is 16.3 Å². The van der Waals surface area contributed by atoms with Crippen LogP contribution in [-0.2, 0) is 4.74 Å². The summed E-state index contributed by atoms with van der Waals surface area (Å²) < 4.78 is 6.93. The number of nitrogens with zero attached hydrogens (tertiary/aromatic N) is 1. The number of nitrogens with one attached hydrogen (secondary N) is 1. The smallest absolute Gasteiger partial charge is 0.412 e. The first kappa shape index (κ1) is 15.6. The molecule has 1 N–H and O–H groups in total. The number of ether oxygens (including phenoxy) is 1. The van der Waals surface area contributed by atoms with E-state index in [2.05, 4.69) is 5.32 Å². The van der Waals surface area contributed by atoms with Crippen LogP contribution in [0.2, 0.25) is 0 Å². The van der Waals surface area contributed by atoms with Gasteiger partial charge in [-0.25, -0.2) is 4.79 Å². The fourth-order valence-electron chi connectivity index (χ4n) is 2.67. The second-order valence-corrected chi connectivity index (χ2v) is 6.55. The molecule has 116 valence electrons. The van der Waals surface area contributed by atoms with Gasteiger partial charge in [0, 0.05) is 12.2 Å². The maximum absolute atomic E-state index is 12.5. The molecule has 1 saturated carbocycles. The molecule has 5 heteroatoms. The van der Waals surface area contributed by atoms with E-state index in [9.17, 15) is 9.59 Å². The molecule has 1 aromatic rings. The molecule has 0 saturated heterocycles. The minimum absolute atomic E-state index is 0.157. The number of carbonyl (C=O) groups is 1. The first-order chi connectivity index (χ1) is 9.87. The lowest BCUT2D eigenvalue weighted by Crippen LogP contribution is -2.32. The van der Waals surface area contributed by atoms with Crippen molar-refractivity contribution in [3.8, 4) is 0 Å². The van der Waals surface area contributed by atoms with E-state index in [1.54, 1.807) is 43.7 Å². The molecule has 0 aliphatic heterocycles. The minimum atomic E-state index is -0.596. The van der Waals surface area contributed by atoms with Crippen molar-refractivity contribution in [3.05, 3.63) is 28.7 Å². The van der Waals surface area contributed by atoms with Gasteiger partial charge in [0.05, 0.1) is 0 Å². The summed E-state index contributed by atoms with van der Waals surface area (Å²) in [6.45, 7) is 5.37. The monoisotopic (exact) mass is 292 g/mol. The third kappa shape index (κ3) is 4.34. The third-order valence-corrected chi connectivity index (χ3v) is 3.58. The van der Waals surface area contributed by atoms with Crippen LogP contribution in [0.5, 0.6) is 0 Å². The van der Waals surface area contributed by atoms with Crippen LogP contribution in [0.4, 0.5) is 10.5 Å². The molecule has 0 spiro atoms. The van der Waals surface area contributed by atoms with E-state index in [4.69, 9.17) is 4.74 Å². The number of hydrogen-bond donors (Lipinski definition) is 1. The van der Waals surface area contributed by atoms with E-state index in [1.165, 1.54) is 6.42 Å². The highest BCUT2D eigenvalue weighted by atomic mass is 16.6. The summed E-state index contributed by atoms with van der Waals surface area (Å²) in [5, 5.41) is 2.55. The largest absolute Gasteiger partial charge is 0.444 e. The zero-order chi connectivity index (χ0) is 15.5. The topological polar surface area (TPSA) is 60.3 Å². The number of aromatic nitrogens is 1. The maximum Gasteiger partial charge on any atom is 0.412 e. The van der Waals surface area contributed by atoms with Crippen LogP contribution < -0.4 is 10.9 Å². The Labute approximate surface area is 125 Å². The van der Waals surface area contributed by atoms with Crippen LogP contribution in [0.15, 0.2) is 23.1 Å². The standard InChI is InChI=1S/C16H24N2O3/c1-16(2,3)21-15(20)17-13-10-7-11-18(14(13)19)12-8-5-4-6-9-12/h7,10-12H,4-6,8-9H2,1-3H3,(H,17,20).